The second-order valence-corrected chi connectivity index (χ2v) is 8.85. The highest BCUT2D eigenvalue weighted by molar-refractivity contribution is 7.13. The molecular weight excluding hydrogens is 421 g/mol. The molecule has 0 unspecified atom stereocenters. The summed E-state index contributed by atoms with van der Waals surface area (Å²) >= 11 is 1.26. The van der Waals surface area contributed by atoms with Crippen molar-refractivity contribution in [2.24, 2.45) is 0 Å². The molecule has 0 bridgehead atoms. The summed E-state index contributed by atoms with van der Waals surface area (Å²) in [5.41, 5.74) is 0.350. The Hall–Kier alpha value is -2.98. The monoisotopic (exact) mass is 443 g/mol. The molecule has 1 fully saturated rings. The molecule has 8 nitrogen and oxygen atoms in total. The number of hydrogen-bond acceptors (Lipinski definition) is 7. The van der Waals surface area contributed by atoms with Crippen LogP contribution in [0.1, 0.15) is 23.3 Å². The van der Waals surface area contributed by atoms with Crippen molar-refractivity contribution in [3.8, 4) is 5.75 Å². The van der Waals surface area contributed by atoms with Gasteiger partial charge in [0.2, 0.25) is 5.43 Å². The minimum absolute atomic E-state index is 0.0471. The number of halogens is 1. The molecule has 0 radical (unpaired) electrons. The van der Waals surface area contributed by atoms with Crippen LogP contribution >= 0.6 is 11.3 Å². The maximum atomic E-state index is 15.3. The summed E-state index contributed by atoms with van der Waals surface area (Å²) in [5.74, 6) is -0.696. The molecular formula is C21H22FN5O3S. The van der Waals surface area contributed by atoms with Gasteiger partial charge in [-0.05, 0) is 20.0 Å². The number of anilines is 2. The number of rotatable bonds is 3. The number of nitrogens with one attached hydrogen (secondary N) is 1. The number of likely N-dealkylation sites (N-methyl/N-ethyl adjacent to an activating group) is 1. The van der Waals surface area contributed by atoms with Gasteiger partial charge < -0.3 is 19.1 Å². The number of pyridine rings is 1. The average Bonchev–Trinajstić information content (AvgIpc) is 3.26. The number of ether oxygens (including phenoxy) is 1. The smallest absolute Gasteiger partial charge is 0.262 e. The van der Waals surface area contributed by atoms with Gasteiger partial charge in [0.25, 0.3) is 5.91 Å². The fraction of sp³-hybridized carbons (Fsp3) is 0.381. The van der Waals surface area contributed by atoms with Crippen molar-refractivity contribution < 1.29 is 13.9 Å². The maximum absolute atomic E-state index is 15.3. The highest BCUT2D eigenvalue weighted by Crippen LogP contribution is 2.42. The number of thiazole rings is 1. The largest absolute Gasteiger partial charge is 0.487 e. The van der Waals surface area contributed by atoms with E-state index in [0.717, 1.165) is 13.1 Å². The average molecular weight is 444 g/mol. The topological polar surface area (TPSA) is 79.7 Å². The number of amides is 1. The molecule has 162 valence electrons. The zero-order chi connectivity index (χ0) is 21.7. The third kappa shape index (κ3) is 3.35. The Balaban J connectivity index is 1.67. The fourth-order valence-electron chi connectivity index (χ4n) is 4.15. The molecule has 1 saturated heterocycles. The first-order valence-electron chi connectivity index (χ1n) is 10.1. The molecule has 1 amide bonds. The van der Waals surface area contributed by atoms with Crippen molar-refractivity contribution in [3.63, 3.8) is 0 Å². The summed E-state index contributed by atoms with van der Waals surface area (Å²) in [7, 11) is 2.03. The van der Waals surface area contributed by atoms with Crippen LogP contribution in [-0.2, 0) is 0 Å². The predicted molar refractivity (Wildman–Crippen MR) is 118 cm³/mol. The molecule has 0 saturated carbocycles. The molecule has 1 N–H and O–H groups in total. The summed E-state index contributed by atoms with van der Waals surface area (Å²) in [4.78, 5) is 34.2. The summed E-state index contributed by atoms with van der Waals surface area (Å²) in [6, 6.07) is 1.13. The second-order valence-electron chi connectivity index (χ2n) is 7.95. The normalized spacial score (nSPS) is 18.8. The SMILES string of the molecule is C[C@H]1COc2c(N3CCN(C)CC3)c(F)cc3c(=O)c(C(=O)Nc4nccs4)cn1c23. The van der Waals surface area contributed by atoms with Crippen molar-refractivity contribution in [1.29, 1.82) is 0 Å². The lowest BCUT2D eigenvalue weighted by molar-refractivity contribution is 0.102. The zero-order valence-electron chi connectivity index (χ0n) is 17.2. The van der Waals surface area contributed by atoms with E-state index in [0.29, 0.717) is 41.8 Å². The van der Waals surface area contributed by atoms with Gasteiger partial charge in [-0.1, -0.05) is 0 Å². The quantitative estimate of drug-likeness (QED) is 0.670. The van der Waals surface area contributed by atoms with Gasteiger partial charge in [-0.3, -0.25) is 14.9 Å². The van der Waals surface area contributed by atoms with Crippen LogP contribution in [-0.4, -0.2) is 60.2 Å². The molecule has 4 heterocycles. The van der Waals surface area contributed by atoms with Crippen molar-refractivity contribution in [2.75, 3.05) is 50.1 Å². The fourth-order valence-corrected chi connectivity index (χ4v) is 4.67. The van der Waals surface area contributed by atoms with E-state index in [-0.39, 0.29) is 17.0 Å². The summed E-state index contributed by atoms with van der Waals surface area (Å²) in [6.07, 6.45) is 3.12. The summed E-state index contributed by atoms with van der Waals surface area (Å²) in [6.45, 7) is 5.23. The third-order valence-electron chi connectivity index (χ3n) is 5.86. The zero-order valence-corrected chi connectivity index (χ0v) is 18.0. The minimum Gasteiger partial charge on any atom is -0.487 e. The van der Waals surface area contributed by atoms with Gasteiger partial charge in [-0.15, -0.1) is 11.3 Å². The van der Waals surface area contributed by atoms with Crippen LogP contribution in [0, 0.1) is 5.82 Å². The second kappa shape index (κ2) is 7.61. The standard InChI is InChI=1S/C21H22FN5O3S/c1-12-11-30-19-16-13(9-15(22)17(19)26-6-4-25(2)5-7-26)18(28)14(10-27(12)16)20(29)24-21-23-3-8-31-21/h3,8-10,12H,4-7,11H2,1-2H3,(H,23,24,29)/t12-/m0/s1. The first kappa shape index (κ1) is 20.0. The van der Waals surface area contributed by atoms with Gasteiger partial charge in [0.1, 0.15) is 17.9 Å². The molecule has 10 heteroatoms. The number of aromatic nitrogens is 2. The number of carbonyl (C=O) groups excluding carboxylic acids is 1. The lowest BCUT2D eigenvalue weighted by Gasteiger charge is -2.37. The Morgan fingerprint density at radius 1 is 1.32 bits per heavy atom. The van der Waals surface area contributed by atoms with Gasteiger partial charge in [0.15, 0.2) is 16.7 Å². The van der Waals surface area contributed by atoms with Gasteiger partial charge in [0, 0.05) is 44.0 Å². The highest BCUT2D eigenvalue weighted by Gasteiger charge is 2.31. The van der Waals surface area contributed by atoms with Crippen molar-refractivity contribution >= 4 is 39.0 Å². The molecule has 1 atom stereocenters. The van der Waals surface area contributed by atoms with E-state index < -0.39 is 17.2 Å². The number of piperazine rings is 1. The van der Waals surface area contributed by atoms with Gasteiger partial charge in [0.05, 0.1) is 16.9 Å². The van der Waals surface area contributed by atoms with E-state index in [1.165, 1.54) is 17.4 Å². The van der Waals surface area contributed by atoms with E-state index in [1.807, 2.05) is 23.4 Å². The Kier molecular flexibility index (Phi) is 4.90. The maximum Gasteiger partial charge on any atom is 0.262 e. The van der Waals surface area contributed by atoms with Gasteiger partial charge in [-0.2, -0.15) is 0 Å². The molecule has 31 heavy (non-hydrogen) atoms. The van der Waals surface area contributed by atoms with E-state index in [9.17, 15) is 9.59 Å². The molecule has 5 rings (SSSR count). The number of nitrogens with zero attached hydrogens (tertiary/aromatic N) is 4. The van der Waals surface area contributed by atoms with Gasteiger partial charge >= 0.3 is 0 Å². The molecule has 1 aromatic carbocycles. The molecule has 2 aliphatic heterocycles. The Bertz CT molecular complexity index is 1220. The summed E-state index contributed by atoms with van der Waals surface area (Å²) < 4.78 is 23.2. The first-order chi connectivity index (χ1) is 14.9. The molecule has 2 aromatic heterocycles. The number of benzene rings is 1. The van der Waals surface area contributed by atoms with E-state index in [2.05, 4.69) is 15.2 Å². The minimum atomic E-state index is -0.561. The Morgan fingerprint density at radius 3 is 2.81 bits per heavy atom. The van der Waals surface area contributed by atoms with Crippen LogP contribution in [0.5, 0.6) is 5.75 Å². The lowest BCUT2D eigenvalue weighted by atomic mass is 10.0. The Labute approximate surface area is 181 Å². The van der Waals surface area contributed by atoms with Crippen LogP contribution in [0.4, 0.5) is 15.2 Å². The van der Waals surface area contributed by atoms with Crippen molar-refractivity contribution in [1.82, 2.24) is 14.5 Å². The Morgan fingerprint density at radius 2 is 2.10 bits per heavy atom. The molecule has 0 aliphatic carbocycles. The van der Waals surface area contributed by atoms with Crippen LogP contribution < -0.4 is 20.4 Å². The van der Waals surface area contributed by atoms with Crippen molar-refractivity contribution in [2.45, 2.75) is 13.0 Å². The number of carbonyl (C=O) groups is 1. The van der Waals surface area contributed by atoms with Crippen LogP contribution in [0.15, 0.2) is 28.6 Å². The van der Waals surface area contributed by atoms with Crippen LogP contribution in [0.2, 0.25) is 0 Å². The third-order valence-corrected chi connectivity index (χ3v) is 6.55. The molecule has 2 aliphatic rings. The summed E-state index contributed by atoms with van der Waals surface area (Å²) in [5, 5.41) is 4.91. The van der Waals surface area contributed by atoms with Crippen LogP contribution in [0.3, 0.4) is 0 Å². The van der Waals surface area contributed by atoms with E-state index in [1.54, 1.807) is 17.8 Å². The van der Waals surface area contributed by atoms with E-state index >= 15 is 4.39 Å². The first-order valence-corrected chi connectivity index (χ1v) is 11.0. The number of hydrogen-bond donors (Lipinski definition) is 1. The van der Waals surface area contributed by atoms with Crippen LogP contribution in [0.25, 0.3) is 10.9 Å². The molecule has 3 aromatic rings. The highest BCUT2D eigenvalue weighted by atomic mass is 32.1. The molecule has 0 spiro atoms. The predicted octanol–water partition coefficient (Wildman–Crippen LogP) is 2.55. The lowest BCUT2D eigenvalue weighted by Crippen LogP contribution is -2.45. The van der Waals surface area contributed by atoms with E-state index in [4.69, 9.17) is 4.74 Å². The van der Waals surface area contributed by atoms with Gasteiger partial charge in [-0.25, -0.2) is 9.37 Å². The van der Waals surface area contributed by atoms with Crippen molar-refractivity contribution in [3.05, 3.63) is 45.4 Å².